The van der Waals surface area contributed by atoms with E-state index in [2.05, 4.69) is 20.6 Å². The van der Waals surface area contributed by atoms with Gasteiger partial charge in [0.2, 0.25) is 0 Å². The van der Waals surface area contributed by atoms with Crippen LogP contribution in [0.2, 0.25) is 0 Å². The number of nitrogens with one attached hydrogen (secondary N) is 2. The number of aromatic nitrogens is 2. The van der Waals surface area contributed by atoms with E-state index >= 15 is 0 Å². The molecule has 2 heterocycles. The Hall–Kier alpha value is -6.52. The van der Waals surface area contributed by atoms with Gasteiger partial charge in [0.1, 0.15) is 40.1 Å². The van der Waals surface area contributed by atoms with Gasteiger partial charge in [-0.25, -0.2) is 32.6 Å². The van der Waals surface area contributed by atoms with Crippen molar-refractivity contribution in [2.75, 3.05) is 24.8 Å². The summed E-state index contributed by atoms with van der Waals surface area (Å²) in [6.07, 6.45) is -9.20. The Balaban J connectivity index is 0.000000235. The fraction of sp³-hybridized carbons (Fsp3) is 0.150. The van der Waals surface area contributed by atoms with Crippen LogP contribution in [-0.2, 0) is 17.2 Å². The number of rotatable bonds is 10. The van der Waals surface area contributed by atoms with Crippen LogP contribution in [0, 0.1) is 23.3 Å². The van der Waals surface area contributed by atoms with Gasteiger partial charge in [0.15, 0.2) is 21.7 Å². The van der Waals surface area contributed by atoms with Crippen molar-refractivity contribution in [1.82, 2.24) is 15.0 Å². The van der Waals surface area contributed by atoms with Gasteiger partial charge in [-0.05, 0) is 59.7 Å². The van der Waals surface area contributed by atoms with Crippen molar-refractivity contribution in [3.63, 3.8) is 0 Å². The molecule has 10 nitrogen and oxygen atoms in total. The highest BCUT2D eigenvalue weighted by molar-refractivity contribution is 7.19. The molecule has 62 heavy (non-hydrogen) atoms. The van der Waals surface area contributed by atoms with Crippen LogP contribution in [-0.4, -0.2) is 52.7 Å². The quantitative estimate of drug-likeness (QED) is 0.0795. The van der Waals surface area contributed by atoms with Crippen molar-refractivity contribution in [2.24, 2.45) is 0 Å². The number of hydrogen-bond acceptors (Lipinski definition) is 9. The molecule has 3 amide bonds. The first kappa shape index (κ1) is 46.5. The first-order valence-electron chi connectivity index (χ1n) is 17.4. The summed E-state index contributed by atoms with van der Waals surface area (Å²) in [6.45, 7) is 1.55. The zero-order chi connectivity index (χ0) is 45.7. The van der Waals surface area contributed by atoms with E-state index in [-0.39, 0.29) is 49.0 Å². The summed E-state index contributed by atoms with van der Waals surface area (Å²) in [4.78, 5) is 62.4. The zero-order valence-corrected chi connectivity index (χ0v) is 33.4. The van der Waals surface area contributed by atoms with Gasteiger partial charge in [-0.2, -0.15) is 26.3 Å². The molecule has 324 valence electrons. The largest absolute Gasteiger partial charge is 0.416 e. The summed E-state index contributed by atoms with van der Waals surface area (Å²) in [6, 6.07) is 14.2. The number of thiazole rings is 2. The van der Waals surface area contributed by atoms with Crippen LogP contribution in [0.1, 0.15) is 66.2 Å². The number of halogens is 10. The summed E-state index contributed by atoms with van der Waals surface area (Å²) < 4.78 is 134. The van der Waals surface area contributed by atoms with E-state index in [0.717, 1.165) is 83.1 Å². The van der Waals surface area contributed by atoms with Gasteiger partial charge in [-0.3, -0.25) is 34.6 Å². The maximum Gasteiger partial charge on any atom is 0.416 e. The van der Waals surface area contributed by atoms with Crippen LogP contribution in [0.5, 0.6) is 0 Å². The van der Waals surface area contributed by atoms with Gasteiger partial charge in [0.25, 0.3) is 17.7 Å². The third-order valence-electron chi connectivity index (χ3n) is 8.33. The van der Waals surface area contributed by atoms with Crippen molar-refractivity contribution in [3.8, 4) is 20.9 Å². The summed E-state index contributed by atoms with van der Waals surface area (Å²) >= 11 is 1.40. The Morgan fingerprint density at radius 2 is 1.00 bits per heavy atom. The van der Waals surface area contributed by atoms with Gasteiger partial charge in [-0.15, -0.1) is 0 Å². The molecule has 0 aliphatic rings. The molecule has 22 heteroatoms. The van der Waals surface area contributed by atoms with E-state index < -0.39 is 81.4 Å². The number of nitrogens with zero attached hydrogens (tertiary/aromatic N) is 3. The van der Waals surface area contributed by atoms with Crippen LogP contribution < -0.4 is 10.6 Å². The van der Waals surface area contributed by atoms with E-state index in [1.165, 1.54) is 32.4 Å². The smallest absolute Gasteiger partial charge is 0.298 e. The average Bonchev–Trinajstić information content (AvgIpc) is 3.84. The molecule has 0 unspecified atom stereocenters. The lowest BCUT2D eigenvalue weighted by atomic mass is 10.1. The first-order chi connectivity index (χ1) is 29.1. The Labute approximate surface area is 351 Å². The summed E-state index contributed by atoms with van der Waals surface area (Å²) in [7, 11) is 2.45. The molecule has 6 aromatic rings. The predicted octanol–water partition coefficient (Wildman–Crippen LogP) is 10.9. The fourth-order valence-corrected chi connectivity index (χ4v) is 7.22. The molecule has 4 aromatic carbocycles. The van der Waals surface area contributed by atoms with Crippen LogP contribution in [0.3, 0.4) is 0 Å². The molecule has 0 saturated carbocycles. The number of hydrogen-bond donors (Lipinski definition) is 2. The molecule has 0 spiro atoms. The molecule has 0 saturated heterocycles. The summed E-state index contributed by atoms with van der Waals surface area (Å²) in [5.74, 6) is -8.00. The van der Waals surface area contributed by atoms with E-state index in [4.69, 9.17) is 4.84 Å². The number of hydroxylamine groups is 2. The summed E-state index contributed by atoms with van der Waals surface area (Å²) in [5, 5.41) is 4.75. The average molecular weight is 912 g/mol. The first-order valence-corrected chi connectivity index (χ1v) is 19.0. The number of Topliss-reactive ketones (excluding diaryl/α,β-unsaturated/α-hetero) is 1. The minimum absolute atomic E-state index is 0.00255. The second kappa shape index (κ2) is 19.0. The Kier molecular flexibility index (Phi) is 14.3. The van der Waals surface area contributed by atoms with E-state index in [1.807, 2.05) is 0 Å². The highest BCUT2D eigenvalue weighted by Gasteiger charge is 2.33. The normalized spacial score (nSPS) is 11.4. The van der Waals surface area contributed by atoms with Gasteiger partial charge in [0.05, 0.1) is 28.0 Å². The second-order valence-corrected chi connectivity index (χ2v) is 14.4. The van der Waals surface area contributed by atoms with Crippen LogP contribution in [0.4, 0.5) is 54.2 Å². The number of carbonyl (C=O) groups excluding carboxylic acids is 4. The Morgan fingerprint density at radius 1 is 0.629 bits per heavy atom. The van der Waals surface area contributed by atoms with Crippen LogP contribution >= 0.6 is 22.7 Å². The Morgan fingerprint density at radius 3 is 1.37 bits per heavy atom. The SMILES string of the molecule is CCC(=O)c1nc(NC(=O)c2c(F)cccc2F)sc1-c1cccc(C(F)(F)F)c1.CON(C)C(=O)c1nc(NC(=O)c2c(F)cccc2F)sc1-c1cccc(C(F)(F)F)c1. The molecule has 0 aliphatic heterocycles. The molecule has 6 rings (SSSR count). The third kappa shape index (κ3) is 10.7. The van der Waals surface area contributed by atoms with Crippen LogP contribution in [0.15, 0.2) is 84.9 Å². The molecule has 0 aliphatic carbocycles. The number of carbonyl (C=O) groups is 4. The monoisotopic (exact) mass is 911 g/mol. The molecule has 0 bridgehead atoms. The van der Waals surface area contributed by atoms with Gasteiger partial charge < -0.3 is 0 Å². The topological polar surface area (TPSA) is 131 Å². The molecule has 2 aromatic heterocycles. The van der Waals surface area contributed by atoms with Gasteiger partial charge >= 0.3 is 12.4 Å². The lowest BCUT2D eigenvalue weighted by Gasteiger charge is -2.13. The van der Waals surface area contributed by atoms with Gasteiger partial charge in [-0.1, -0.05) is 66.0 Å². The van der Waals surface area contributed by atoms with Gasteiger partial charge in [0, 0.05) is 13.5 Å². The minimum atomic E-state index is -4.63. The van der Waals surface area contributed by atoms with E-state index in [1.54, 1.807) is 6.92 Å². The molecular weight excluding hydrogens is 885 g/mol. The molecule has 0 atom stereocenters. The molecule has 0 fully saturated rings. The highest BCUT2D eigenvalue weighted by Crippen LogP contribution is 2.39. The zero-order valence-electron chi connectivity index (χ0n) is 31.8. The van der Waals surface area contributed by atoms with Crippen molar-refractivity contribution in [2.45, 2.75) is 25.7 Å². The number of benzene rings is 4. The lowest BCUT2D eigenvalue weighted by molar-refractivity contribution is -0.138. The predicted molar refractivity (Wildman–Crippen MR) is 207 cm³/mol. The van der Waals surface area contributed by atoms with Crippen molar-refractivity contribution in [1.29, 1.82) is 0 Å². The number of ketones is 1. The standard InChI is InChI=1S/C20H14F5N3O3S.C20H13F5N2O2S/c1-28(31-2)18(30)15-16(10-5-3-6-11(9-10)20(23,24)25)32-19(26-15)27-17(29)14-12(21)7-4-8-13(14)22;1-2-14(28)16-17(10-5-3-6-11(9-10)20(23,24)25)30-19(26-16)27-18(29)15-12(21)7-4-8-13(15)22/h3-9H,1-2H3,(H,26,27,29);3-9H,2H2,1H3,(H,26,27,29). The minimum Gasteiger partial charge on any atom is -0.298 e. The maximum absolute atomic E-state index is 13.9. The number of amides is 3. The summed E-state index contributed by atoms with van der Waals surface area (Å²) in [5.41, 5.74) is -3.95. The van der Waals surface area contributed by atoms with Crippen LogP contribution in [0.25, 0.3) is 20.9 Å². The molecule has 2 N–H and O–H groups in total. The molecular formula is C40H27F10N5O5S2. The second-order valence-electron chi connectivity index (χ2n) is 12.4. The Bertz CT molecular complexity index is 2620. The van der Waals surface area contributed by atoms with Crippen molar-refractivity contribution >= 4 is 56.4 Å². The number of anilines is 2. The number of alkyl halides is 6. The van der Waals surface area contributed by atoms with Crippen molar-refractivity contribution in [3.05, 3.63) is 142 Å². The maximum atomic E-state index is 13.9. The molecule has 0 radical (unpaired) electrons. The highest BCUT2D eigenvalue weighted by atomic mass is 32.1. The van der Waals surface area contributed by atoms with E-state index in [0.29, 0.717) is 11.3 Å². The fourth-order valence-electron chi connectivity index (χ4n) is 5.29. The van der Waals surface area contributed by atoms with Crippen molar-refractivity contribution < 1.29 is 67.9 Å². The van der Waals surface area contributed by atoms with E-state index in [9.17, 15) is 63.1 Å². The lowest BCUT2D eigenvalue weighted by Crippen LogP contribution is -2.26. The third-order valence-corrected chi connectivity index (χ3v) is 10.4.